The zero-order valence-corrected chi connectivity index (χ0v) is 11.7. The molecular formula is C16H27N. The van der Waals surface area contributed by atoms with Crippen LogP contribution in [0, 0.1) is 11.8 Å². The molecule has 0 aromatic heterocycles. The van der Waals surface area contributed by atoms with E-state index >= 15 is 0 Å². The van der Waals surface area contributed by atoms with Gasteiger partial charge in [-0.05, 0) is 36.8 Å². The molecule has 1 unspecified atom stereocenters. The number of hydrogen-bond donors (Lipinski definition) is 1. The molecule has 0 saturated carbocycles. The van der Waals surface area contributed by atoms with Gasteiger partial charge in [0.05, 0.1) is 0 Å². The summed E-state index contributed by atoms with van der Waals surface area (Å²) in [7, 11) is 0. The molecule has 0 spiro atoms. The Morgan fingerprint density at radius 3 is 2.12 bits per heavy atom. The summed E-state index contributed by atoms with van der Waals surface area (Å²) < 4.78 is 0. The van der Waals surface area contributed by atoms with Gasteiger partial charge in [0, 0.05) is 6.04 Å². The Balaban J connectivity index is 2.55. The van der Waals surface area contributed by atoms with Gasteiger partial charge in [-0.3, -0.25) is 0 Å². The van der Waals surface area contributed by atoms with Gasteiger partial charge in [-0.25, -0.2) is 0 Å². The van der Waals surface area contributed by atoms with Crippen LogP contribution in [0.4, 0.5) is 0 Å². The van der Waals surface area contributed by atoms with Gasteiger partial charge in [0.25, 0.3) is 0 Å². The van der Waals surface area contributed by atoms with Crippen LogP contribution in [0.25, 0.3) is 0 Å². The summed E-state index contributed by atoms with van der Waals surface area (Å²) in [5.74, 6) is 1.50. The Labute approximate surface area is 107 Å². The Morgan fingerprint density at radius 1 is 0.941 bits per heavy atom. The number of nitrogens with one attached hydrogen (secondary N) is 1. The molecule has 0 amide bonds. The second kappa shape index (κ2) is 7.50. The van der Waals surface area contributed by atoms with Gasteiger partial charge in [0.2, 0.25) is 0 Å². The van der Waals surface area contributed by atoms with Crippen molar-refractivity contribution in [3.63, 3.8) is 0 Å². The fourth-order valence-corrected chi connectivity index (χ4v) is 2.04. The second-order valence-electron chi connectivity index (χ2n) is 5.73. The summed E-state index contributed by atoms with van der Waals surface area (Å²) in [6.45, 7) is 10.3. The summed E-state index contributed by atoms with van der Waals surface area (Å²) in [5.41, 5.74) is 1.42. The van der Waals surface area contributed by atoms with Crippen molar-refractivity contribution in [1.29, 1.82) is 0 Å². The maximum Gasteiger partial charge on any atom is 0.0322 e. The maximum absolute atomic E-state index is 3.70. The normalized spacial score (nSPS) is 13.3. The summed E-state index contributed by atoms with van der Waals surface area (Å²) in [5, 5.41) is 3.70. The first-order chi connectivity index (χ1) is 8.09. The highest BCUT2D eigenvalue weighted by molar-refractivity contribution is 5.18. The van der Waals surface area contributed by atoms with Crippen molar-refractivity contribution in [1.82, 2.24) is 5.32 Å². The summed E-state index contributed by atoms with van der Waals surface area (Å²) in [6, 6.07) is 11.3. The van der Waals surface area contributed by atoms with Crippen molar-refractivity contribution >= 4 is 0 Å². The van der Waals surface area contributed by atoms with Gasteiger partial charge < -0.3 is 5.32 Å². The number of benzene rings is 1. The van der Waals surface area contributed by atoms with E-state index in [1.807, 2.05) is 0 Å². The molecule has 0 fully saturated rings. The molecule has 1 rings (SSSR count). The minimum absolute atomic E-state index is 0.509. The van der Waals surface area contributed by atoms with E-state index in [2.05, 4.69) is 63.3 Å². The average Bonchev–Trinajstić information content (AvgIpc) is 2.28. The molecule has 1 N–H and O–H groups in total. The minimum Gasteiger partial charge on any atom is -0.310 e. The fourth-order valence-electron chi connectivity index (χ4n) is 2.04. The molecule has 1 nitrogen and oxygen atoms in total. The number of hydrogen-bond acceptors (Lipinski definition) is 1. The largest absolute Gasteiger partial charge is 0.310 e. The third kappa shape index (κ3) is 5.88. The molecule has 1 atom stereocenters. The lowest BCUT2D eigenvalue weighted by atomic mass is 9.96. The molecule has 0 heterocycles. The predicted octanol–water partition coefficient (Wildman–Crippen LogP) is 4.41. The molecule has 0 saturated heterocycles. The summed E-state index contributed by atoms with van der Waals surface area (Å²) >= 11 is 0. The molecule has 1 heteroatoms. The van der Waals surface area contributed by atoms with Gasteiger partial charge in [-0.1, -0.05) is 58.0 Å². The molecule has 17 heavy (non-hydrogen) atoms. The Kier molecular flexibility index (Phi) is 6.28. The van der Waals surface area contributed by atoms with Crippen molar-refractivity contribution in [2.45, 2.75) is 46.6 Å². The first-order valence-corrected chi connectivity index (χ1v) is 6.88. The van der Waals surface area contributed by atoms with Gasteiger partial charge in [-0.15, -0.1) is 0 Å². The first-order valence-electron chi connectivity index (χ1n) is 6.88. The smallest absolute Gasteiger partial charge is 0.0322 e. The zero-order valence-electron chi connectivity index (χ0n) is 11.7. The molecule has 0 aliphatic rings. The highest BCUT2D eigenvalue weighted by Gasteiger charge is 2.12. The predicted molar refractivity (Wildman–Crippen MR) is 76.1 cm³/mol. The van der Waals surface area contributed by atoms with Crippen LogP contribution in [0.2, 0.25) is 0 Å². The lowest BCUT2D eigenvalue weighted by Gasteiger charge is -2.21. The van der Waals surface area contributed by atoms with Crippen molar-refractivity contribution in [3.05, 3.63) is 35.9 Å². The van der Waals surface area contributed by atoms with E-state index in [4.69, 9.17) is 0 Å². The third-order valence-electron chi connectivity index (χ3n) is 3.02. The van der Waals surface area contributed by atoms with E-state index in [9.17, 15) is 0 Å². The monoisotopic (exact) mass is 233 g/mol. The van der Waals surface area contributed by atoms with Crippen LogP contribution >= 0.6 is 0 Å². The molecule has 1 aromatic carbocycles. The molecule has 96 valence electrons. The second-order valence-corrected chi connectivity index (χ2v) is 5.73. The van der Waals surface area contributed by atoms with Crippen LogP contribution in [0.1, 0.15) is 52.1 Å². The van der Waals surface area contributed by atoms with Crippen molar-refractivity contribution in [3.8, 4) is 0 Å². The van der Waals surface area contributed by atoms with Crippen LogP contribution < -0.4 is 5.32 Å². The third-order valence-corrected chi connectivity index (χ3v) is 3.02. The Bertz CT molecular complexity index is 290. The van der Waals surface area contributed by atoms with Crippen LogP contribution in [0.3, 0.4) is 0 Å². The molecule has 0 radical (unpaired) electrons. The molecule has 0 aliphatic heterocycles. The van der Waals surface area contributed by atoms with E-state index in [-0.39, 0.29) is 0 Å². The van der Waals surface area contributed by atoms with Gasteiger partial charge >= 0.3 is 0 Å². The van der Waals surface area contributed by atoms with Crippen molar-refractivity contribution in [2.75, 3.05) is 6.54 Å². The topological polar surface area (TPSA) is 12.0 Å². The lowest BCUT2D eigenvalue weighted by molar-refractivity contribution is 0.412. The quantitative estimate of drug-likeness (QED) is 0.735. The van der Waals surface area contributed by atoms with E-state index in [0.29, 0.717) is 6.04 Å². The van der Waals surface area contributed by atoms with Crippen LogP contribution in [0.15, 0.2) is 30.3 Å². The highest BCUT2D eigenvalue weighted by atomic mass is 14.9. The van der Waals surface area contributed by atoms with Crippen molar-refractivity contribution < 1.29 is 0 Å². The Morgan fingerprint density at radius 2 is 1.59 bits per heavy atom. The number of rotatable bonds is 7. The zero-order chi connectivity index (χ0) is 12.7. The van der Waals surface area contributed by atoms with E-state index in [1.54, 1.807) is 0 Å². The maximum atomic E-state index is 3.70. The van der Waals surface area contributed by atoms with E-state index < -0.39 is 0 Å². The first kappa shape index (κ1) is 14.2. The summed E-state index contributed by atoms with van der Waals surface area (Å²) in [4.78, 5) is 0. The average molecular weight is 233 g/mol. The molecule has 0 bridgehead atoms. The standard InChI is InChI=1S/C16H27N/c1-13(2)10-11-17-16(12-14(3)4)15-8-6-5-7-9-15/h5-9,13-14,16-17H,10-12H2,1-4H3. The fraction of sp³-hybridized carbons (Fsp3) is 0.625. The van der Waals surface area contributed by atoms with Crippen LogP contribution in [-0.4, -0.2) is 6.54 Å². The van der Waals surface area contributed by atoms with E-state index in [1.165, 1.54) is 18.4 Å². The molecule has 0 aliphatic carbocycles. The molecule has 1 aromatic rings. The van der Waals surface area contributed by atoms with Gasteiger partial charge in [-0.2, -0.15) is 0 Å². The van der Waals surface area contributed by atoms with Crippen molar-refractivity contribution in [2.24, 2.45) is 11.8 Å². The Hall–Kier alpha value is -0.820. The van der Waals surface area contributed by atoms with Gasteiger partial charge in [0.1, 0.15) is 0 Å². The molecular weight excluding hydrogens is 206 g/mol. The SMILES string of the molecule is CC(C)CCNC(CC(C)C)c1ccccc1. The summed E-state index contributed by atoms with van der Waals surface area (Å²) in [6.07, 6.45) is 2.46. The van der Waals surface area contributed by atoms with Crippen LogP contribution in [-0.2, 0) is 0 Å². The minimum atomic E-state index is 0.509. The highest BCUT2D eigenvalue weighted by Crippen LogP contribution is 2.21. The lowest BCUT2D eigenvalue weighted by Crippen LogP contribution is -2.24. The van der Waals surface area contributed by atoms with Crippen LogP contribution in [0.5, 0.6) is 0 Å². The van der Waals surface area contributed by atoms with Gasteiger partial charge in [0.15, 0.2) is 0 Å². The van der Waals surface area contributed by atoms with E-state index in [0.717, 1.165) is 18.4 Å².